The summed E-state index contributed by atoms with van der Waals surface area (Å²) < 4.78 is 39.9. The summed E-state index contributed by atoms with van der Waals surface area (Å²) in [6.45, 7) is 4.35. The molecule has 0 unspecified atom stereocenters. The fraction of sp³-hybridized carbons (Fsp3) is 0.538. The van der Waals surface area contributed by atoms with Crippen LogP contribution in [0.5, 0.6) is 0 Å². The second-order valence-electron chi connectivity index (χ2n) is 5.38. The number of halogens is 1. The predicted octanol–water partition coefficient (Wildman–Crippen LogP) is 2.22. The summed E-state index contributed by atoms with van der Waals surface area (Å²) in [7, 11) is -3.72. The fourth-order valence-corrected chi connectivity index (χ4v) is 4.00. The van der Waals surface area contributed by atoms with E-state index in [1.54, 1.807) is 0 Å². The Morgan fingerprint density at radius 3 is 2.58 bits per heavy atom. The summed E-state index contributed by atoms with van der Waals surface area (Å²) in [4.78, 5) is -0.125. The first-order valence-electron chi connectivity index (χ1n) is 6.39. The number of hydrogen-bond acceptors (Lipinski definition) is 3. The van der Waals surface area contributed by atoms with Gasteiger partial charge in [0.15, 0.2) is 0 Å². The molecular weight excluding hydrogens is 267 g/mol. The summed E-state index contributed by atoms with van der Waals surface area (Å²) in [5, 5.41) is 0. The number of anilines is 1. The second-order valence-corrected chi connectivity index (χ2v) is 7.24. The summed E-state index contributed by atoms with van der Waals surface area (Å²) in [5.74, 6) is -0.377. The molecule has 0 heterocycles. The number of nitrogens with zero attached hydrogens (tertiary/aromatic N) is 1. The van der Waals surface area contributed by atoms with E-state index in [9.17, 15) is 12.8 Å². The van der Waals surface area contributed by atoms with Crippen LogP contribution >= 0.6 is 0 Å². The molecule has 1 aromatic rings. The molecular formula is C13H19FN2O2S. The molecule has 2 rings (SSSR count). The predicted molar refractivity (Wildman–Crippen MR) is 72.6 cm³/mol. The van der Waals surface area contributed by atoms with Gasteiger partial charge in [0.2, 0.25) is 10.0 Å². The molecule has 1 fully saturated rings. The molecule has 0 radical (unpaired) electrons. The molecule has 0 spiro atoms. The maximum atomic E-state index is 13.3. The van der Waals surface area contributed by atoms with Crippen molar-refractivity contribution in [2.75, 3.05) is 12.3 Å². The number of benzene rings is 1. The van der Waals surface area contributed by atoms with Crippen LogP contribution in [0.1, 0.15) is 26.7 Å². The van der Waals surface area contributed by atoms with Gasteiger partial charge in [-0.2, -0.15) is 4.31 Å². The van der Waals surface area contributed by atoms with E-state index in [4.69, 9.17) is 5.73 Å². The minimum absolute atomic E-state index is 0.0371. The number of nitrogen functional groups attached to an aromatic ring is 1. The number of rotatable bonds is 5. The topological polar surface area (TPSA) is 63.4 Å². The quantitative estimate of drug-likeness (QED) is 0.844. The standard InChI is InChI=1S/C13H19FN2O2S/c1-9(2)8-16(11-4-5-11)19(17,18)13-7-10(14)3-6-12(13)15/h3,6-7,9,11H,4-5,8,15H2,1-2H3. The third kappa shape index (κ3) is 3.06. The lowest BCUT2D eigenvalue weighted by Gasteiger charge is -2.24. The van der Waals surface area contributed by atoms with Crippen molar-refractivity contribution >= 4 is 15.7 Å². The summed E-state index contributed by atoms with van der Waals surface area (Å²) >= 11 is 0. The normalized spacial score (nSPS) is 16.3. The average Bonchev–Trinajstić information content (AvgIpc) is 3.12. The van der Waals surface area contributed by atoms with Crippen molar-refractivity contribution in [2.24, 2.45) is 5.92 Å². The van der Waals surface area contributed by atoms with Crippen molar-refractivity contribution < 1.29 is 12.8 Å². The monoisotopic (exact) mass is 286 g/mol. The van der Waals surface area contributed by atoms with Gasteiger partial charge in [0.25, 0.3) is 0 Å². The van der Waals surface area contributed by atoms with Crippen molar-refractivity contribution in [1.82, 2.24) is 4.31 Å². The second kappa shape index (κ2) is 5.09. The van der Waals surface area contributed by atoms with Gasteiger partial charge in [-0.1, -0.05) is 13.8 Å². The van der Waals surface area contributed by atoms with Crippen LogP contribution < -0.4 is 5.73 Å². The Balaban J connectivity index is 2.41. The largest absolute Gasteiger partial charge is 0.398 e. The smallest absolute Gasteiger partial charge is 0.245 e. The minimum atomic E-state index is -3.72. The van der Waals surface area contributed by atoms with Gasteiger partial charge in [-0.05, 0) is 37.0 Å². The molecule has 6 heteroatoms. The summed E-state index contributed by atoms with van der Waals surface area (Å²) in [5.41, 5.74) is 5.79. The molecule has 0 atom stereocenters. The van der Waals surface area contributed by atoms with Crippen LogP contribution in [-0.2, 0) is 10.0 Å². The van der Waals surface area contributed by atoms with E-state index in [-0.39, 0.29) is 22.5 Å². The third-order valence-corrected chi connectivity index (χ3v) is 5.04. The molecule has 0 bridgehead atoms. The van der Waals surface area contributed by atoms with Crippen molar-refractivity contribution in [2.45, 2.75) is 37.6 Å². The average molecular weight is 286 g/mol. The van der Waals surface area contributed by atoms with Gasteiger partial charge in [-0.25, -0.2) is 12.8 Å². The SMILES string of the molecule is CC(C)CN(C1CC1)S(=O)(=O)c1cc(F)ccc1N. The highest BCUT2D eigenvalue weighted by atomic mass is 32.2. The highest BCUT2D eigenvalue weighted by Gasteiger charge is 2.39. The first kappa shape index (κ1) is 14.3. The highest BCUT2D eigenvalue weighted by molar-refractivity contribution is 7.89. The van der Waals surface area contributed by atoms with Gasteiger partial charge < -0.3 is 5.73 Å². The lowest BCUT2D eigenvalue weighted by Crippen LogP contribution is -2.36. The van der Waals surface area contributed by atoms with E-state index in [0.29, 0.717) is 6.54 Å². The molecule has 19 heavy (non-hydrogen) atoms. The van der Waals surface area contributed by atoms with Gasteiger partial charge in [0, 0.05) is 12.6 Å². The lowest BCUT2D eigenvalue weighted by atomic mass is 10.2. The molecule has 1 aromatic carbocycles. The Bertz CT molecular complexity index is 568. The van der Waals surface area contributed by atoms with Crippen LogP contribution in [-0.4, -0.2) is 25.3 Å². The molecule has 1 aliphatic rings. The van der Waals surface area contributed by atoms with Gasteiger partial charge in [-0.15, -0.1) is 0 Å². The molecule has 4 nitrogen and oxygen atoms in total. The summed E-state index contributed by atoms with van der Waals surface area (Å²) in [6, 6.07) is 3.50. The Hall–Kier alpha value is -1.14. The van der Waals surface area contributed by atoms with Crippen LogP contribution in [0.15, 0.2) is 23.1 Å². The molecule has 1 aliphatic carbocycles. The van der Waals surface area contributed by atoms with Crippen LogP contribution in [0.2, 0.25) is 0 Å². The van der Waals surface area contributed by atoms with Crippen molar-refractivity contribution in [1.29, 1.82) is 0 Å². The molecule has 1 saturated carbocycles. The molecule has 0 saturated heterocycles. The van der Waals surface area contributed by atoms with Crippen LogP contribution in [0, 0.1) is 11.7 Å². The Morgan fingerprint density at radius 2 is 2.05 bits per heavy atom. The molecule has 2 N–H and O–H groups in total. The van der Waals surface area contributed by atoms with Crippen LogP contribution in [0.3, 0.4) is 0 Å². The molecule has 0 aliphatic heterocycles. The fourth-order valence-electron chi connectivity index (χ4n) is 2.02. The first-order chi connectivity index (χ1) is 8.82. The van der Waals surface area contributed by atoms with Crippen molar-refractivity contribution in [3.05, 3.63) is 24.0 Å². The molecule has 0 amide bonds. The van der Waals surface area contributed by atoms with Gasteiger partial charge in [0.05, 0.1) is 5.69 Å². The third-order valence-electron chi connectivity index (χ3n) is 3.06. The van der Waals surface area contributed by atoms with E-state index >= 15 is 0 Å². The zero-order chi connectivity index (χ0) is 14.2. The number of nitrogens with two attached hydrogens (primary N) is 1. The first-order valence-corrected chi connectivity index (χ1v) is 7.83. The lowest BCUT2D eigenvalue weighted by molar-refractivity contribution is 0.360. The van der Waals surface area contributed by atoms with Crippen molar-refractivity contribution in [3.8, 4) is 0 Å². The summed E-state index contributed by atoms with van der Waals surface area (Å²) in [6.07, 6.45) is 1.72. The van der Waals surface area contributed by atoms with E-state index in [1.807, 2.05) is 13.8 Å². The highest BCUT2D eigenvalue weighted by Crippen LogP contribution is 2.34. The van der Waals surface area contributed by atoms with E-state index in [1.165, 1.54) is 10.4 Å². The van der Waals surface area contributed by atoms with Gasteiger partial charge >= 0.3 is 0 Å². The number of sulfonamides is 1. The Labute approximate surface area is 113 Å². The van der Waals surface area contributed by atoms with Crippen LogP contribution in [0.25, 0.3) is 0 Å². The maximum Gasteiger partial charge on any atom is 0.245 e. The van der Waals surface area contributed by atoms with E-state index < -0.39 is 15.8 Å². The van der Waals surface area contributed by atoms with E-state index in [2.05, 4.69) is 0 Å². The number of hydrogen-bond donors (Lipinski definition) is 1. The van der Waals surface area contributed by atoms with Gasteiger partial charge in [-0.3, -0.25) is 0 Å². The molecule has 0 aromatic heterocycles. The van der Waals surface area contributed by atoms with Crippen molar-refractivity contribution in [3.63, 3.8) is 0 Å². The van der Waals surface area contributed by atoms with Crippen LogP contribution in [0.4, 0.5) is 10.1 Å². The zero-order valence-corrected chi connectivity index (χ0v) is 12.0. The molecule has 106 valence electrons. The maximum absolute atomic E-state index is 13.3. The Morgan fingerprint density at radius 1 is 1.42 bits per heavy atom. The van der Waals surface area contributed by atoms with Gasteiger partial charge in [0.1, 0.15) is 10.7 Å². The van der Waals surface area contributed by atoms with E-state index in [0.717, 1.165) is 25.0 Å². The minimum Gasteiger partial charge on any atom is -0.398 e. The zero-order valence-electron chi connectivity index (χ0n) is 11.1. The Kier molecular flexibility index (Phi) is 3.82.